The lowest BCUT2D eigenvalue weighted by atomic mass is 10.1. The van der Waals surface area contributed by atoms with Crippen molar-refractivity contribution in [2.75, 3.05) is 36.8 Å². The smallest absolute Gasteiger partial charge is 0.180 e. The van der Waals surface area contributed by atoms with E-state index in [1.807, 2.05) is 21.8 Å². The summed E-state index contributed by atoms with van der Waals surface area (Å²) in [6, 6.07) is 0.289. The third kappa shape index (κ3) is 3.45. The molecular weight excluding hydrogens is 432 g/mol. The molecule has 1 saturated heterocycles. The molecule has 0 amide bonds. The van der Waals surface area contributed by atoms with Gasteiger partial charge in [0, 0.05) is 26.2 Å². The molecule has 12 heteroatoms. The normalized spacial score (nSPS) is 17.0. The second-order valence-electron chi connectivity index (χ2n) is 9.85. The van der Waals surface area contributed by atoms with Crippen LogP contribution in [0.4, 0.5) is 11.5 Å². The van der Waals surface area contributed by atoms with Crippen LogP contribution < -0.4 is 16.0 Å². The molecule has 2 fully saturated rings. The van der Waals surface area contributed by atoms with E-state index < -0.39 is 0 Å². The quantitative estimate of drug-likeness (QED) is 0.461. The van der Waals surface area contributed by atoms with Gasteiger partial charge in [0.2, 0.25) is 0 Å². The number of aromatic nitrogens is 9. The third-order valence-corrected chi connectivity index (χ3v) is 6.27. The van der Waals surface area contributed by atoms with Crippen molar-refractivity contribution >= 4 is 22.5 Å². The van der Waals surface area contributed by atoms with Crippen molar-refractivity contribution in [1.29, 1.82) is 0 Å². The Morgan fingerprint density at radius 3 is 2.41 bits per heavy atom. The molecule has 4 aromatic rings. The summed E-state index contributed by atoms with van der Waals surface area (Å²) in [6.07, 6.45) is 7.33. The molecule has 1 aliphatic heterocycles. The van der Waals surface area contributed by atoms with Crippen LogP contribution in [0.15, 0.2) is 18.7 Å². The van der Waals surface area contributed by atoms with Gasteiger partial charge in [0.1, 0.15) is 29.2 Å². The van der Waals surface area contributed by atoms with Gasteiger partial charge in [-0.05, 0) is 33.6 Å². The summed E-state index contributed by atoms with van der Waals surface area (Å²) >= 11 is 0. The second-order valence-corrected chi connectivity index (χ2v) is 9.85. The summed E-state index contributed by atoms with van der Waals surface area (Å²) in [5.74, 6) is 0.928. The molecule has 0 radical (unpaired) electrons. The summed E-state index contributed by atoms with van der Waals surface area (Å²) in [6.45, 7) is 9.99. The van der Waals surface area contributed by atoms with Crippen molar-refractivity contribution in [3.63, 3.8) is 0 Å². The fraction of sp³-hybridized carbons (Fsp3) is 0.500. The third-order valence-electron chi connectivity index (χ3n) is 6.27. The molecule has 0 aromatic carbocycles. The molecule has 0 atom stereocenters. The first-order valence-corrected chi connectivity index (χ1v) is 11.6. The van der Waals surface area contributed by atoms with Crippen LogP contribution in [0.5, 0.6) is 0 Å². The highest BCUT2D eigenvalue weighted by Gasteiger charge is 2.34. The van der Waals surface area contributed by atoms with Crippen molar-refractivity contribution < 1.29 is 0 Å². The molecule has 3 N–H and O–H groups in total. The lowest BCUT2D eigenvalue weighted by molar-refractivity contribution is 0.366. The number of hydrogen-bond donors (Lipinski definition) is 2. The van der Waals surface area contributed by atoms with Crippen LogP contribution in [0.25, 0.3) is 33.9 Å². The number of fused-ring (bicyclic) bond motifs is 1. The van der Waals surface area contributed by atoms with Crippen LogP contribution >= 0.6 is 0 Å². The van der Waals surface area contributed by atoms with E-state index in [2.05, 4.69) is 51.3 Å². The Kier molecular flexibility index (Phi) is 4.73. The largest absolute Gasteiger partial charge is 0.383 e. The van der Waals surface area contributed by atoms with Gasteiger partial charge in [0.15, 0.2) is 11.5 Å². The summed E-state index contributed by atoms with van der Waals surface area (Å²) in [4.78, 5) is 20.5. The number of piperazine rings is 1. The van der Waals surface area contributed by atoms with Gasteiger partial charge in [-0.25, -0.2) is 29.3 Å². The Hall–Kier alpha value is -3.67. The molecule has 0 bridgehead atoms. The van der Waals surface area contributed by atoms with Crippen molar-refractivity contribution in [1.82, 2.24) is 50.0 Å². The summed E-state index contributed by atoms with van der Waals surface area (Å²) < 4.78 is 3.79. The predicted octanol–water partition coefficient (Wildman–Crippen LogP) is 1.62. The maximum Gasteiger partial charge on any atom is 0.180 e. The van der Waals surface area contributed by atoms with E-state index >= 15 is 0 Å². The van der Waals surface area contributed by atoms with Crippen molar-refractivity contribution in [3.05, 3.63) is 18.7 Å². The molecule has 176 valence electrons. The Labute approximate surface area is 196 Å². The molecule has 5 heterocycles. The minimum Gasteiger partial charge on any atom is -0.383 e. The minimum atomic E-state index is -0.314. The molecule has 2 aliphatic rings. The van der Waals surface area contributed by atoms with Gasteiger partial charge in [-0.15, -0.1) is 5.10 Å². The average Bonchev–Trinajstić information content (AvgIpc) is 3.45. The molecule has 34 heavy (non-hydrogen) atoms. The molecular formula is C22H28N12. The number of nitrogens with two attached hydrogens (primary N) is 1. The monoisotopic (exact) mass is 460 g/mol. The van der Waals surface area contributed by atoms with Gasteiger partial charge >= 0.3 is 0 Å². The molecule has 6 rings (SSSR count). The lowest BCUT2D eigenvalue weighted by Crippen LogP contribution is -2.43. The van der Waals surface area contributed by atoms with E-state index in [0.717, 1.165) is 50.4 Å². The topological polar surface area (TPSA) is 141 Å². The fourth-order valence-corrected chi connectivity index (χ4v) is 4.37. The van der Waals surface area contributed by atoms with Crippen LogP contribution in [0, 0.1) is 0 Å². The first-order chi connectivity index (χ1) is 16.4. The Morgan fingerprint density at radius 2 is 1.74 bits per heavy atom. The lowest BCUT2D eigenvalue weighted by Gasteiger charge is -2.28. The van der Waals surface area contributed by atoms with Crippen LogP contribution in [-0.2, 0) is 5.54 Å². The van der Waals surface area contributed by atoms with Crippen molar-refractivity contribution in [2.45, 2.75) is 45.2 Å². The number of nitrogens with zero attached hydrogens (tertiary/aromatic N) is 10. The van der Waals surface area contributed by atoms with Gasteiger partial charge in [-0.3, -0.25) is 0 Å². The van der Waals surface area contributed by atoms with E-state index in [4.69, 9.17) is 20.8 Å². The number of anilines is 2. The molecule has 0 spiro atoms. The maximum atomic E-state index is 6.32. The molecule has 12 nitrogen and oxygen atoms in total. The van der Waals surface area contributed by atoms with E-state index in [0.29, 0.717) is 34.1 Å². The van der Waals surface area contributed by atoms with E-state index in [9.17, 15) is 0 Å². The van der Waals surface area contributed by atoms with E-state index in [1.54, 1.807) is 0 Å². The van der Waals surface area contributed by atoms with Gasteiger partial charge in [0.25, 0.3) is 0 Å². The highest BCUT2D eigenvalue weighted by atomic mass is 15.5. The number of nitrogen functional groups attached to an aromatic ring is 1. The molecule has 1 aliphatic carbocycles. The summed E-state index contributed by atoms with van der Waals surface area (Å²) in [5, 5.41) is 18.0. The molecule has 4 aromatic heterocycles. The maximum absolute atomic E-state index is 6.32. The van der Waals surface area contributed by atoms with Crippen molar-refractivity contribution in [3.8, 4) is 22.9 Å². The highest BCUT2D eigenvalue weighted by molar-refractivity contribution is 5.99. The summed E-state index contributed by atoms with van der Waals surface area (Å²) in [7, 11) is 0. The number of hydrogen-bond acceptors (Lipinski definition) is 10. The first-order valence-electron chi connectivity index (χ1n) is 11.6. The average molecular weight is 461 g/mol. The zero-order chi connectivity index (χ0) is 23.4. The zero-order valence-electron chi connectivity index (χ0n) is 19.6. The van der Waals surface area contributed by atoms with E-state index in [-0.39, 0.29) is 11.6 Å². The fourth-order valence-electron chi connectivity index (χ4n) is 4.37. The SMILES string of the molecule is CC(C)(C)n1nc(-c2nnn(C3CC3)c2-c2ncc(N3CCNCC3)cn2)c2c(N)ncnc21. The Balaban J connectivity index is 1.51. The van der Waals surface area contributed by atoms with Crippen LogP contribution in [0.3, 0.4) is 0 Å². The highest BCUT2D eigenvalue weighted by Crippen LogP contribution is 2.42. The van der Waals surface area contributed by atoms with Crippen molar-refractivity contribution in [2.24, 2.45) is 0 Å². The van der Waals surface area contributed by atoms with Crippen LogP contribution in [0.2, 0.25) is 0 Å². The van der Waals surface area contributed by atoms with Gasteiger partial charge in [-0.1, -0.05) is 5.21 Å². The van der Waals surface area contributed by atoms with Gasteiger partial charge < -0.3 is 16.0 Å². The number of nitrogens with one attached hydrogen (secondary N) is 1. The van der Waals surface area contributed by atoms with Crippen LogP contribution in [0.1, 0.15) is 39.7 Å². The van der Waals surface area contributed by atoms with E-state index in [1.165, 1.54) is 6.33 Å². The standard InChI is InChI=1S/C22H28N12/c1-22(2,3)34-21-15(19(23)27-12-28-21)16(30-34)17-18(33(31-29-17)13-4-5-13)20-25-10-14(11-26-20)32-8-6-24-7-9-32/h10-13,24H,4-9H2,1-3H3,(H2,23,27,28). The first kappa shape index (κ1) is 20.9. The zero-order valence-corrected chi connectivity index (χ0v) is 19.6. The van der Waals surface area contributed by atoms with Gasteiger partial charge in [0.05, 0.1) is 35.0 Å². The van der Waals surface area contributed by atoms with Crippen LogP contribution in [-0.4, -0.2) is 70.9 Å². The Bertz CT molecular complexity index is 1340. The minimum absolute atomic E-state index is 0.289. The molecule has 1 saturated carbocycles. The second kappa shape index (κ2) is 7.69. The summed E-state index contributed by atoms with van der Waals surface area (Å²) in [5.41, 5.74) is 9.62. The number of rotatable bonds is 4. The Morgan fingerprint density at radius 1 is 1.00 bits per heavy atom. The van der Waals surface area contributed by atoms with Gasteiger partial charge in [-0.2, -0.15) is 5.10 Å². The molecule has 0 unspecified atom stereocenters. The predicted molar refractivity (Wildman–Crippen MR) is 128 cm³/mol.